The van der Waals surface area contributed by atoms with E-state index >= 15 is 0 Å². The molecule has 94 valence electrons. The average molecular weight is 243 g/mol. The Hall–Kier alpha value is -2.10. The van der Waals surface area contributed by atoms with Gasteiger partial charge in [0.25, 0.3) is 0 Å². The van der Waals surface area contributed by atoms with Gasteiger partial charge in [0, 0.05) is 18.6 Å². The first-order valence-electron chi connectivity index (χ1n) is 5.85. The van der Waals surface area contributed by atoms with E-state index in [4.69, 9.17) is 4.74 Å². The van der Waals surface area contributed by atoms with Crippen LogP contribution >= 0.6 is 0 Å². The summed E-state index contributed by atoms with van der Waals surface area (Å²) in [4.78, 5) is 8.62. The molecule has 0 aliphatic rings. The first kappa shape index (κ1) is 12.4. The Morgan fingerprint density at radius 2 is 2.22 bits per heavy atom. The van der Waals surface area contributed by atoms with Crippen LogP contribution in [0.4, 0.5) is 5.69 Å². The molecule has 18 heavy (non-hydrogen) atoms. The predicted octanol–water partition coefficient (Wildman–Crippen LogP) is 2.91. The third kappa shape index (κ3) is 2.77. The second kappa shape index (κ2) is 5.49. The van der Waals surface area contributed by atoms with E-state index in [1.54, 1.807) is 13.3 Å². The first-order chi connectivity index (χ1) is 8.70. The average Bonchev–Trinajstić information content (AvgIpc) is 2.76. The van der Waals surface area contributed by atoms with E-state index in [0.29, 0.717) is 6.54 Å². The maximum Gasteiger partial charge on any atom is 0.144 e. The van der Waals surface area contributed by atoms with Crippen molar-refractivity contribution in [3.63, 3.8) is 0 Å². The van der Waals surface area contributed by atoms with Crippen molar-refractivity contribution in [1.82, 2.24) is 9.55 Å². The molecule has 0 N–H and O–H groups in total. The number of aromatic nitrogens is 2. The zero-order valence-corrected chi connectivity index (χ0v) is 10.9. The van der Waals surface area contributed by atoms with Gasteiger partial charge in [-0.25, -0.2) is 4.98 Å². The number of aliphatic imine (C=N–C) groups is 1. The maximum absolute atomic E-state index is 5.28. The van der Waals surface area contributed by atoms with E-state index in [2.05, 4.69) is 9.98 Å². The highest BCUT2D eigenvalue weighted by Gasteiger charge is 2.00. The molecule has 0 unspecified atom stereocenters. The van der Waals surface area contributed by atoms with Crippen molar-refractivity contribution >= 4 is 11.9 Å². The van der Waals surface area contributed by atoms with Crippen LogP contribution in [-0.4, -0.2) is 22.9 Å². The molecule has 2 aromatic rings. The Kier molecular flexibility index (Phi) is 3.77. The van der Waals surface area contributed by atoms with Crippen molar-refractivity contribution in [1.29, 1.82) is 0 Å². The van der Waals surface area contributed by atoms with Crippen molar-refractivity contribution in [2.45, 2.75) is 20.4 Å². The predicted molar refractivity (Wildman–Crippen MR) is 72.8 cm³/mol. The molecule has 0 aliphatic carbocycles. The van der Waals surface area contributed by atoms with Crippen molar-refractivity contribution in [2.24, 2.45) is 4.99 Å². The van der Waals surface area contributed by atoms with E-state index in [1.807, 2.05) is 49.0 Å². The smallest absolute Gasteiger partial charge is 0.144 e. The topological polar surface area (TPSA) is 39.4 Å². The minimum absolute atomic E-state index is 0.711. The van der Waals surface area contributed by atoms with Gasteiger partial charge in [0.1, 0.15) is 17.3 Å². The standard InChI is InChI=1S/C14H17N3O/c1-11-4-5-14(18-3)13(10-11)16-7-9-17-8-6-15-12(17)2/h4-8,10H,9H2,1-3H3. The quantitative estimate of drug-likeness (QED) is 0.774. The number of rotatable bonds is 4. The number of aryl methyl sites for hydroxylation is 2. The van der Waals surface area contributed by atoms with Gasteiger partial charge in [0.15, 0.2) is 0 Å². The highest BCUT2D eigenvalue weighted by atomic mass is 16.5. The zero-order chi connectivity index (χ0) is 13.0. The number of nitrogens with zero attached hydrogens (tertiary/aromatic N) is 3. The molecule has 4 nitrogen and oxygen atoms in total. The van der Waals surface area contributed by atoms with Crippen molar-refractivity contribution < 1.29 is 4.74 Å². The van der Waals surface area contributed by atoms with Crippen LogP contribution in [0.1, 0.15) is 11.4 Å². The molecule has 0 radical (unpaired) electrons. The van der Waals surface area contributed by atoms with Gasteiger partial charge >= 0.3 is 0 Å². The molecule has 1 aromatic carbocycles. The lowest BCUT2D eigenvalue weighted by Gasteiger charge is -2.05. The summed E-state index contributed by atoms with van der Waals surface area (Å²) in [7, 11) is 1.66. The summed E-state index contributed by atoms with van der Waals surface area (Å²) in [6.07, 6.45) is 5.59. The van der Waals surface area contributed by atoms with E-state index < -0.39 is 0 Å². The normalized spacial score (nSPS) is 11.1. The van der Waals surface area contributed by atoms with Gasteiger partial charge < -0.3 is 9.30 Å². The molecule has 0 amide bonds. The number of hydrogen-bond donors (Lipinski definition) is 0. The lowest BCUT2D eigenvalue weighted by Crippen LogP contribution is -1.99. The fraction of sp³-hybridized carbons (Fsp3) is 0.286. The minimum atomic E-state index is 0.711. The van der Waals surface area contributed by atoms with Gasteiger partial charge in [-0.3, -0.25) is 4.99 Å². The first-order valence-corrected chi connectivity index (χ1v) is 5.85. The van der Waals surface area contributed by atoms with E-state index in [1.165, 1.54) is 5.56 Å². The SMILES string of the molecule is COc1ccc(C)cc1N=CCn1ccnc1C. The fourth-order valence-electron chi connectivity index (χ4n) is 1.72. The van der Waals surface area contributed by atoms with Crippen LogP contribution < -0.4 is 4.74 Å². The lowest BCUT2D eigenvalue weighted by atomic mass is 10.2. The van der Waals surface area contributed by atoms with Crippen molar-refractivity contribution in [3.8, 4) is 5.75 Å². The molecule has 1 heterocycles. The van der Waals surface area contributed by atoms with Crippen LogP contribution in [0.25, 0.3) is 0 Å². The molecule has 0 aliphatic heterocycles. The monoisotopic (exact) mass is 243 g/mol. The summed E-state index contributed by atoms with van der Waals surface area (Å²) in [5.41, 5.74) is 2.03. The molecule has 0 fully saturated rings. The second-order valence-corrected chi connectivity index (χ2v) is 4.11. The van der Waals surface area contributed by atoms with Crippen molar-refractivity contribution in [2.75, 3.05) is 7.11 Å². The molecule has 0 saturated heterocycles. The minimum Gasteiger partial charge on any atom is -0.494 e. The number of ether oxygens (including phenoxy) is 1. The summed E-state index contributed by atoms with van der Waals surface area (Å²) in [6, 6.07) is 5.96. The molecule has 0 spiro atoms. The molecule has 0 saturated carbocycles. The summed E-state index contributed by atoms with van der Waals surface area (Å²) in [5.74, 6) is 1.77. The fourth-order valence-corrected chi connectivity index (χ4v) is 1.72. The van der Waals surface area contributed by atoms with Gasteiger partial charge in [0.05, 0.1) is 13.7 Å². The van der Waals surface area contributed by atoms with Gasteiger partial charge in [-0.1, -0.05) is 6.07 Å². The largest absolute Gasteiger partial charge is 0.494 e. The molecular weight excluding hydrogens is 226 g/mol. The number of hydrogen-bond acceptors (Lipinski definition) is 3. The van der Waals surface area contributed by atoms with E-state index in [-0.39, 0.29) is 0 Å². The maximum atomic E-state index is 5.28. The van der Waals surface area contributed by atoms with Crippen LogP contribution in [0.3, 0.4) is 0 Å². The van der Waals surface area contributed by atoms with Gasteiger partial charge in [-0.05, 0) is 31.5 Å². The molecule has 2 rings (SSSR count). The Bertz CT molecular complexity index is 558. The van der Waals surface area contributed by atoms with Gasteiger partial charge in [-0.15, -0.1) is 0 Å². The van der Waals surface area contributed by atoms with Gasteiger partial charge in [-0.2, -0.15) is 0 Å². The summed E-state index contributed by atoms with van der Waals surface area (Å²) in [6.45, 7) is 4.72. The van der Waals surface area contributed by atoms with Crippen LogP contribution in [-0.2, 0) is 6.54 Å². The summed E-state index contributed by atoms with van der Waals surface area (Å²) < 4.78 is 7.31. The number of imidazole rings is 1. The molecule has 0 bridgehead atoms. The van der Waals surface area contributed by atoms with Crippen LogP contribution in [0, 0.1) is 13.8 Å². The van der Waals surface area contributed by atoms with Crippen LogP contribution in [0.15, 0.2) is 35.6 Å². The Morgan fingerprint density at radius 1 is 1.39 bits per heavy atom. The third-order valence-corrected chi connectivity index (χ3v) is 2.77. The Labute approximate surface area is 107 Å². The van der Waals surface area contributed by atoms with E-state index in [9.17, 15) is 0 Å². The number of methoxy groups -OCH3 is 1. The molecule has 0 atom stereocenters. The summed E-state index contributed by atoms with van der Waals surface area (Å²) in [5, 5.41) is 0. The van der Waals surface area contributed by atoms with Crippen LogP contribution in [0.2, 0.25) is 0 Å². The van der Waals surface area contributed by atoms with E-state index in [0.717, 1.165) is 17.3 Å². The third-order valence-electron chi connectivity index (χ3n) is 2.77. The Balaban J connectivity index is 2.13. The Morgan fingerprint density at radius 3 is 2.89 bits per heavy atom. The van der Waals surface area contributed by atoms with Crippen LogP contribution in [0.5, 0.6) is 5.75 Å². The second-order valence-electron chi connectivity index (χ2n) is 4.11. The zero-order valence-electron chi connectivity index (χ0n) is 10.9. The highest BCUT2D eigenvalue weighted by molar-refractivity contribution is 5.66. The summed E-state index contributed by atoms with van der Waals surface area (Å²) >= 11 is 0. The van der Waals surface area contributed by atoms with Gasteiger partial charge in [0.2, 0.25) is 0 Å². The molecule has 4 heteroatoms. The number of benzene rings is 1. The molecular formula is C14H17N3O. The van der Waals surface area contributed by atoms with Crippen molar-refractivity contribution in [3.05, 3.63) is 42.0 Å². The lowest BCUT2D eigenvalue weighted by molar-refractivity contribution is 0.416. The highest BCUT2D eigenvalue weighted by Crippen LogP contribution is 2.27. The molecule has 1 aromatic heterocycles.